The van der Waals surface area contributed by atoms with Gasteiger partial charge in [-0.1, -0.05) is 32.9 Å². The van der Waals surface area contributed by atoms with Crippen LogP contribution < -0.4 is 5.73 Å². The summed E-state index contributed by atoms with van der Waals surface area (Å²) in [5.41, 5.74) is 6.83. The van der Waals surface area contributed by atoms with Gasteiger partial charge in [-0.25, -0.2) is 0 Å². The second-order valence-corrected chi connectivity index (χ2v) is 2.42. The molecule has 0 spiro atoms. The van der Waals surface area contributed by atoms with Crippen LogP contribution >= 0.6 is 0 Å². The van der Waals surface area contributed by atoms with E-state index < -0.39 is 0 Å². The quantitative estimate of drug-likeness (QED) is 0.744. The van der Waals surface area contributed by atoms with Crippen LogP contribution in [-0.2, 0) is 6.42 Å². The monoisotopic (exact) mass is 179 g/mol. The first kappa shape index (κ1) is 11.7. The molecule has 13 heavy (non-hydrogen) atoms. The molecule has 0 aliphatic rings. The van der Waals surface area contributed by atoms with Crippen LogP contribution in [0.25, 0.3) is 0 Å². The standard InChI is InChI=1S/C9H11NO.C2H6/c1-2-7-4-3-5-8(6-7)9(10)11;1-2/h3-6H,2H2,1H3,(H2,10,11);1-2H3. The highest BCUT2D eigenvalue weighted by Crippen LogP contribution is 2.04. The zero-order chi connectivity index (χ0) is 10.3. The number of hydrogen-bond acceptors (Lipinski definition) is 1. The van der Waals surface area contributed by atoms with E-state index in [0.717, 1.165) is 12.0 Å². The first-order valence-electron chi connectivity index (χ1n) is 4.62. The maximum Gasteiger partial charge on any atom is 0.248 e. The van der Waals surface area contributed by atoms with Crippen molar-refractivity contribution >= 4 is 5.91 Å². The highest BCUT2D eigenvalue weighted by molar-refractivity contribution is 5.92. The first-order chi connectivity index (χ1) is 6.24. The highest BCUT2D eigenvalue weighted by atomic mass is 16.1. The lowest BCUT2D eigenvalue weighted by atomic mass is 10.1. The summed E-state index contributed by atoms with van der Waals surface area (Å²) in [7, 11) is 0. The molecule has 2 heteroatoms. The molecule has 0 saturated carbocycles. The summed E-state index contributed by atoms with van der Waals surface area (Å²) in [5, 5.41) is 0. The van der Waals surface area contributed by atoms with Crippen LogP contribution in [-0.4, -0.2) is 5.91 Å². The lowest BCUT2D eigenvalue weighted by Crippen LogP contribution is -2.10. The number of benzene rings is 1. The predicted octanol–water partition coefficient (Wildman–Crippen LogP) is 2.37. The number of carbonyl (C=O) groups excluding carboxylic acids is 1. The van der Waals surface area contributed by atoms with Gasteiger partial charge in [0.05, 0.1) is 0 Å². The second kappa shape index (κ2) is 6.23. The fourth-order valence-electron chi connectivity index (χ4n) is 0.945. The minimum absolute atomic E-state index is 0.361. The third kappa shape index (κ3) is 3.74. The number of hydrogen-bond donors (Lipinski definition) is 1. The minimum Gasteiger partial charge on any atom is -0.366 e. The molecule has 1 amide bonds. The maximum absolute atomic E-state index is 10.7. The summed E-state index contributed by atoms with van der Waals surface area (Å²) in [6.45, 7) is 6.04. The molecule has 0 atom stereocenters. The molecule has 0 aliphatic carbocycles. The van der Waals surface area contributed by atoms with E-state index in [2.05, 4.69) is 0 Å². The molecule has 1 rings (SSSR count). The van der Waals surface area contributed by atoms with Gasteiger partial charge in [0.15, 0.2) is 0 Å². The molecule has 0 aromatic heterocycles. The fraction of sp³-hybridized carbons (Fsp3) is 0.364. The lowest BCUT2D eigenvalue weighted by Gasteiger charge is -1.97. The van der Waals surface area contributed by atoms with Gasteiger partial charge in [0.1, 0.15) is 0 Å². The number of carbonyl (C=O) groups is 1. The Kier molecular flexibility index (Phi) is 5.60. The zero-order valence-electron chi connectivity index (χ0n) is 8.50. The van der Waals surface area contributed by atoms with Crippen LogP contribution in [0.15, 0.2) is 24.3 Å². The summed E-state index contributed by atoms with van der Waals surface area (Å²) in [4.78, 5) is 10.7. The molecule has 2 nitrogen and oxygen atoms in total. The van der Waals surface area contributed by atoms with E-state index in [9.17, 15) is 4.79 Å². The van der Waals surface area contributed by atoms with Crippen LogP contribution in [0.2, 0.25) is 0 Å². The summed E-state index contributed by atoms with van der Waals surface area (Å²) in [5.74, 6) is -0.361. The van der Waals surface area contributed by atoms with Crippen LogP contribution in [0, 0.1) is 0 Å². The summed E-state index contributed by atoms with van der Waals surface area (Å²) < 4.78 is 0. The molecule has 0 fully saturated rings. The van der Waals surface area contributed by atoms with Gasteiger partial charge in [-0.3, -0.25) is 4.79 Å². The summed E-state index contributed by atoms with van der Waals surface area (Å²) in [6.07, 6.45) is 0.932. The molecule has 0 bridgehead atoms. The number of aryl methyl sites for hydroxylation is 1. The van der Waals surface area contributed by atoms with Crippen molar-refractivity contribution in [1.82, 2.24) is 0 Å². The molecule has 1 aromatic carbocycles. The fourth-order valence-corrected chi connectivity index (χ4v) is 0.945. The van der Waals surface area contributed by atoms with Gasteiger partial charge in [-0.2, -0.15) is 0 Å². The van der Waals surface area contributed by atoms with E-state index in [1.54, 1.807) is 6.07 Å². The third-order valence-corrected chi connectivity index (χ3v) is 1.62. The number of amides is 1. The van der Waals surface area contributed by atoms with E-state index in [4.69, 9.17) is 5.73 Å². The molecule has 1 aromatic rings. The number of primary amides is 1. The molecule has 0 saturated heterocycles. The SMILES string of the molecule is CC.CCc1cccc(C(N)=O)c1. The molecule has 2 N–H and O–H groups in total. The molecular weight excluding hydrogens is 162 g/mol. The minimum atomic E-state index is -0.361. The third-order valence-electron chi connectivity index (χ3n) is 1.62. The van der Waals surface area contributed by atoms with Gasteiger partial charge < -0.3 is 5.73 Å². The van der Waals surface area contributed by atoms with Gasteiger partial charge in [-0.15, -0.1) is 0 Å². The maximum atomic E-state index is 10.7. The van der Waals surface area contributed by atoms with Crippen molar-refractivity contribution in [1.29, 1.82) is 0 Å². The molecule has 72 valence electrons. The van der Waals surface area contributed by atoms with E-state index in [1.807, 2.05) is 39.0 Å². The Balaban J connectivity index is 0.000000671. The van der Waals surface area contributed by atoms with E-state index in [-0.39, 0.29) is 5.91 Å². The normalized spacial score (nSPS) is 8.54. The topological polar surface area (TPSA) is 43.1 Å². The Labute approximate surface area is 79.8 Å². The predicted molar refractivity (Wildman–Crippen MR) is 55.7 cm³/mol. The molecular formula is C11H17NO. The van der Waals surface area contributed by atoms with Gasteiger partial charge >= 0.3 is 0 Å². The Hall–Kier alpha value is -1.31. The van der Waals surface area contributed by atoms with Crippen LogP contribution in [0.5, 0.6) is 0 Å². The number of rotatable bonds is 2. The Morgan fingerprint density at radius 3 is 2.46 bits per heavy atom. The average molecular weight is 179 g/mol. The van der Waals surface area contributed by atoms with E-state index in [1.165, 1.54) is 0 Å². The average Bonchev–Trinajstić information content (AvgIpc) is 2.21. The van der Waals surface area contributed by atoms with E-state index in [0.29, 0.717) is 5.56 Å². The van der Waals surface area contributed by atoms with Crippen molar-refractivity contribution in [2.45, 2.75) is 27.2 Å². The number of nitrogens with two attached hydrogens (primary N) is 1. The smallest absolute Gasteiger partial charge is 0.248 e. The molecule has 0 aliphatic heterocycles. The Morgan fingerprint density at radius 2 is 2.00 bits per heavy atom. The van der Waals surface area contributed by atoms with Crippen molar-refractivity contribution < 1.29 is 4.79 Å². The van der Waals surface area contributed by atoms with Gasteiger partial charge in [0.25, 0.3) is 0 Å². The molecule has 0 radical (unpaired) electrons. The summed E-state index contributed by atoms with van der Waals surface area (Å²) >= 11 is 0. The lowest BCUT2D eigenvalue weighted by molar-refractivity contribution is 0.1000. The van der Waals surface area contributed by atoms with Crippen molar-refractivity contribution in [3.05, 3.63) is 35.4 Å². The zero-order valence-corrected chi connectivity index (χ0v) is 8.50. The van der Waals surface area contributed by atoms with Crippen molar-refractivity contribution in [3.63, 3.8) is 0 Å². The van der Waals surface area contributed by atoms with Crippen molar-refractivity contribution in [2.75, 3.05) is 0 Å². The van der Waals surface area contributed by atoms with Crippen LogP contribution in [0.4, 0.5) is 0 Å². The largest absolute Gasteiger partial charge is 0.366 e. The Morgan fingerprint density at radius 1 is 1.38 bits per heavy atom. The highest BCUT2D eigenvalue weighted by Gasteiger charge is 1.98. The van der Waals surface area contributed by atoms with E-state index >= 15 is 0 Å². The molecule has 0 unspecified atom stereocenters. The van der Waals surface area contributed by atoms with Gasteiger partial charge in [-0.05, 0) is 24.1 Å². The molecule has 0 heterocycles. The van der Waals surface area contributed by atoms with Gasteiger partial charge in [0.2, 0.25) is 5.91 Å². The Bertz CT molecular complexity index is 269. The first-order valence-corrected chi connectivity index (χ1v) is 4.62. The van der Waals surface area contributed by atoms with Crippen LogP contribution in [0.1, 0.15) is 36.7 Å². The van der Waals surface area contributed by atoms with Gasteiger partial charge in [0, 0.05) is 5.56 Å². The van der Waals surface area contributed by atoms with Crippen molar-refractivity contribution in [2.24, 2.45) is 5.73 Å². The second-order valence-electron chi connectivity index (χ2n) is 2.42. The van der Waals surface area contributed by atoms with Crippen LogP contribution in [0.3, 0.4) is 0 Å². The summed E-state index contributed by atoms with van der Waals surface area (Å²) in [6, 6.07) is 7.37. The van der Waals surface area contributed by atoms with Crippen molar-refractivity contribution in [3.8, 4) is 0 Å².